The van der Waals surface area contributed by atoms with E-state index in [1.807, 2.05) is 32.9 Å². The zero-order valence-electron chi connectivity index (χ0n) is 8.37. The van der Waals surface area contributed by atoms with E-state index in [4.69, 9.17) is 5.11 Å². The van der Waals surface area contributed by atoms with Crippen molar-refractivity contribution in [2.45, 2.75) is 27.2 Å². The molecule has 0 aromatic rings. The van der Waals surface area contributed by atoms with Crippen LogP contribution in [-0.2, 0) is 4.79 Å². The Morgan fingerprint density at radius 2 is 2.31 bits per heavy atom. The number of hydrogen-bond donors (Lipinski definition) is 1. The Balaban J connectivity index is 3.06. The molecule has 2 heteroatoms. The van der Waals surface area contributed by atoms with Gasteiger partial charge < -0.3 is 5.11 Å². The van der Waals surface area contributed by atoms with Gasteiger partial charge in [-0.2, -0.15) is 0 Å². The van der Waals surface area contributed by atoms with Gasteiger partial charge in [0, 0.05) is 5.41 Å². The second kappa shape index (κ2) is 3.36. The molecule has 0 aliphatic heterocycles. The van der Waals surface area contributed by atoms with Crippen LogP contribution in [0.5, 0.6) is 0 Å². The lowest BCUT2D eigenvalue weighted by Gasteiger charge is -2.35. The summed E-state index contributed by atoms with van der Waals surface area (Å²) in [6.07, 6.45) is 6.48. The van der Waals surface area contributed by atoms with Crippen LogP contribution in [0.2, 0.25) is 0 Å². The lowest BCUT2D eigenvalue weighted by atomic mass is 9.68. The van der Waals surface area contributed by atoms with Gasteiger partial charge in [0.25, 0.3) is 0 Å². The second-order valence-electron chi connectivity index (χ2n) is 3.82. The number of carboxylic acids is 1. The topological polar surface area (TPSA) is 37.3 Å². The molecular formula is C11H16O2. The monoisotopic (exact) mass is 180 g/mol. The van der Waals surface area contributed by atoms with Crippen LogP contribution in [0.4, 0.5) is 0 Å². The molecule has 0 amide bonds. The predicted octanol–water partition coefficient (Wildman–Crippen LogP) is 2.62. The van der Waals surface area contributed by atoms with E-state index in [9.17, 15) is 4.79 Å². The van der Waals surface area contributed by atoms with Gasteiger partial charge in [-0.3, -0.25) is 4.79 Å². The summed E-state index contributed by atoms with van der Waals surface area (Å²) in [7, 11) is 0. The molecule has 2 nitrogen and oxygen atoms in total. The van der Waals surface area contributed by atoms with Gasteiger partial charge in [0.05, 0.1) is 5.92 Å². The Hall–Kier alpha value is -1.05. The molecule has 1 rings (SSSR count). The molecule has 2 unspecified atom stereocenters. The minimum absolute atomic E-state index is 0.208. The predicted molar refractivity (Wildman–Crippen MR) is 52.4 cm³/mol. The van der Waals surface area contributed by atoms with Crippen LogP contribution in [0.1, 0.15) is 27.2 Å². The fourth-order valence-electron chi connectivity index (χ4n) is 1.81. The Morgan fingerprint density at radius 3 is 2.69 bits per heavy atom. The highest BCUT2D eigenvalue weighted by Crippen LogP contribution is 2.41. The maximum Gasteiger partial charge on any atom is 0.311 e. The standard InChI is InChI=1S/C11H16O2/c1-4-11(3)8(2)6-5-7-9(11)10(12)13/h5-7,9H,4H2,1-3H3,(H,12,13). The molecular weight excluding hydrogens is 164 g/mol. The van der Waals surface area contributed by atoms with Gasteiger partial charge in [-0.25, -0.2) is 0 Å². The molecule has 2 atom stereocenters. The van der Waals surface area contributed by atoms with Crippen molar-refractivity contribution in [2.24, 2.45) is 11.3 Å². The minimum atomic E-state index is -0.729. The molecule has 0 saturated heterocycles. The Morgan fingerprint density at radius 1 is 1.69 bits per heavy atom. The van der Waals surface area contributed by atoms with Gasteiger partial charge in [0.1, 0.15) is 0 Å². The third-order valence-electron chi connectivity index (χ3n) is 3.24. The van der Waals surface area contributed by atoms with Crippen molar-refractivity contribution in [3.05, 3.63) is 23.8 Å². The zero-order chi connectivity index (χ0) is 10.1. The summed E-state index contributed by atoms with van der Waals surface area (Å²) in [4.78, 5) is 11.0. The van der Waals surface area contributed by atoms with E-state index in [0.717, 1.165) is 12.0 Å². The van der Waals surface area contributed by atoms with Gasteiger partial charge in [-0.1, -0.05) is 37.6 Å². The molecule has 1 aliphatic carbocycles. The van der Waals surface area contributed by atoms with Crippen molar-refractivity contribution in [2.75, 3.05) is 0 Å². The van der Waals surface area contributed by atoms with Crippen molar-refractivity contribution in [3.8, 4) is 0 Å². The van der Waals surface area contributed by atoms with E-state index in [0.29, 0.717) is 0 Å². The molecule has 0 saturated carbocycles. The first-order valence-electron chi connectivity index (χ1n) is 4.60. The van der Waals surface area contributed by atoms with Crippen molar-refractivity contribution in [3.63, 3.8) is 0 Å². The van der Waals surface area contributed by atoms with Gasteiger partial charge >= 0.3 is 5.97 Å². The fourth-order valence-corrected chi connectivity index (χ4v) is 1.81. The molecule has 0 heterocycles. The third-order valence-corrected chi connectivity index (χ3v) is 3.24. The Kier molecular flexibility index (Phi) is 2.60. The van der Waals surface area contributed by atoms with Gasteiger partial charge in [0.15, 0.2) is 0 Å². The quantitative estimate of drug-likeness (QED) is 0.709. The number of rotatable bonds is 2. The van der Waals surface area contributed by atoms with Crippen molar-refractivity contribution in [1.29, 1.82) is 0 Å². The molecule has 0 spiro atoms. The normalized spacial score (nSPS) is 32.8. The van der Waals surface area contributed by atoms with E-state index in [1.165, 1.54) is 0 Å². The van der Waals surface area contributed by atoms with Crippen LogP contribution in [0.15, 0.2) is 23.8 Å². The first-order valence-corrected chi connectivity index (χ1v) is 4.60. The highest BCUT2D eigenvalue weighted by Gasteiger charge is 2.38. The molecule has 0 aromatic heterocycles. The molecule has 1 aliphatic rings. The van der Waals surface area contributed by atoms with Gasteiger partial charge in [-0.05, 0) is 13.3 Å². The lowest BCUT2D eigenvalue weighted by molar-refractivity contribution is -0.143. The lowest BCUT2D eigenvalue weighted by Crippen LogP contribution is -2.34. The molecule has 0 fully saturated rings. The average molecular weight is 180 g/mol. The first-order chi connectivity index (χ1) is 6.02. The van der Waals surface area contributed by atoms with Gasteiger partial charge in [0.2, 0.25) is 0 Å². The molecule has 13 heavy (non-hydrogen) atoms. The maximum atomic E-state index is 11.0. The summed E-state index contributed by atoms with van der Waals surface area (Å²) < 4.78 is 0. The Bertz CT molecular complexity index is 276. The largest absolute Gasteiger partial charge is 0.481 e. The first kappa shape index (κ1) is 10.0. The van der Waals surface area contributed by atoms with Crippen LogP contribution < -0.4 is 0 Å². The summed E-state index contributed by atoms with van der Waals surface area (Å²) in [5.41, 5.74) is 0.950. The summed E-state index contributed by atoms with van der Waals surface area (Å²) in [6, 6.07) is 0. The highest BCUT2D eigenvalue weighted by atomic mass is 16.4. The van der Waals surface area contributed by atoms with Crippen LogP contribution in [0.25, 0.3) is 0 Å². The fraction of sp³-hybridized carbons (Fsp3) is 0.545. The molecule has 1 N–H and O–H groups in total. The van der Waals surface area contributed by atoms with E-state index >= 15 is 0 Å². The summed E-state index contributed by atoms with van der Waals surface area (Å²) in [6.45, 7) is 6.05. The van der Waals surface area contributed by atoms with Crippen molar-refractivity contribution < 1.29 is 9.90 Å². The number of hydrogen-bond acceptors (Lipinski definition) is 1. The van der Waals surface area contributed by atoms with E-state index < -0.39 is 5.97 Å². The molecule has 72 valence electrons. The number of carbonyl (C=O) groups is 1. The zero-order valence-corrected chi connectivity index (χ0v) is 8.37. The smallest absolute Gasteiger partial charge is 0.311 e. The molecule has 0 bridgehead atoms. The number of aliphatic carboxylic acids is 1. The minimum Gasteiger partial charge on any atom is -0.481 e. The molecule has 0 radical (unpaired) electrons. The van der Waals surface area contributed by atoms with Crippen LogP contribution in [-0.4, -0.2) is 11.1 Å². The van der Waals surface area contributed by atoms with Crippen molar-refractivity contribution >= 4 is 5.97 Å². The average Bonchev–Trinajstić information content (AvgIpc) is 2.09. The summed E-state index contributed by atoms with van der Waals surface area (Å²) in [5.74, 6) is -1.10. The van der Waals surface area contributed by atoms with E-state index in [-0.39, 0.29) is 11.3 Å². The SMILES string of the molecule is CCC1(C)C(C)=CC=CC1C(=O)O. The van der Waals surface area contributed by atoms with Crippen LogP contribution >= 0.6 is 0 Å². The van der Waals surface area contributed by atoms with Crippen molar-refractivity contribution in [1.82, 2.24) is 0 Å². The number of carboxylic acid groups (broad SMARTS) is 1. The third kappa shape index (κ3) is 1.53. The second-order valence-corrected chi connectivity index (χ2v) is 3.82. The maximum absolute atomic E-state index is 11.0. The van der Waals surface area contributed by atoms with Gasteiger partial charge in [-0.15, -0.1) is 0 Å². The highest BCUT2D eigenvalue weighted by molar-refractivity contribution is 5.74. The number of allylic oxidation sites excluding steroid dienone is 3. The van der Waals surface area contributed by atoms with Crippen LogP contribution in [0, 0.1) is 11.3 Å². The van der Waals surface area contributed by atoms with E-state index in [1.54, 1.807) is 6.08 Å². The summed E-state index contributed by atoms with van der Waals surface area (Å²) in [5, 5.41) is 9.04. The Labute approximate surface area is 79.0 Å². The van der Waals surface area contributed by atoms with E-state index in [2.05, 4.69) is 0 Å². The summed E-state index contributed by atoms with van der Waals surface area (Å²) >= 11 is 0. The molecule has 0 aromatic carbocycles. The van der Waals surface area contributed by atoms with Crippen LogP contribution in [0.3, 0.4) is 0 Å².